The number of halogens is 1. The number of hydrogen-bond donors (Lipinski definition) is 1. The van der Waals surface area contributed by atoms with Crippen LogP contribution in [0.1, 0.15) is 37.0 Å². The maximum atomic E-state index is 13.8. The van der Waals surface area contributed by atoms with Gasteiger partial charge in [0.15, 0.2) is 0 Å². The van der Waals surface area contributed by atoms with Crippen molar-refractivity contribution < 1.29 is 14.3 Å². The van der Waals surface area contributed by atoms with Crippen molar-refractivity contribution in [3.63, 3.8) is 0 Å². The molecule has 0 radical (unpaired) electrons. The molecule has 2 heterocycles. The predicted octanol–water partition coefficient (Wildman–Crippen LogP) is 2.75. The summed E-state index contributed by atoms with van der Waals surface area (Å²) in [5, 5.41) is 10.9. The van der Waals surface area contributed by atoms with Crippen molar-refractivity contribution in [1.29, 1.82) is 0 Å². The summed E-state index contributed by atoms with van der Waals surface area (Å²) in [6.45, 7) is 3.97. The van der Waals surface area contributed by atoms with Gasteiger partial charge < -0.3 is 10.0 Å². The zero-order chi connectivity index (χ0) is 15.9. The lowest BCUT2D eigenvalue weighted by atomic mass is 9.96. The number of pyridine rings is 1. The first-order valence-electron chi connectivity index (χ1n) is 7.45. The molecule has 1 aromatic heterocycles. The molecule has 1 N–H and O–H groups in total. The van der Waals surface area contributed by atoms with Gasteiger partial charge in [-0.05, 0) is 44.9 Å². The van der Waals surface area contributed by atoms with Gasteiger partial charge >= 0.3 is 0 Å². The number of carbonyl (C=O) groups is 1. The highest BCUT2D eigenvalue weighted by atomic mass is 19.1. The number of amides is 1. The minimum absolute atomic E-state index is 0.256. The van der Waals surface area contributed by atoms with Crippen molar-refractivity contribution in [2.24, 2.45) is 0 Å². The molecule has 1 atom stereocenters. The molecular weight excluding hydrogens is 283 g/mol. The fourth-order valence-corrected chi connectivity index (χ4v) is 3.22. The van der Waals surface area contributed by atoms with E-state index in [0.29, 0.717) is 17.4 Å². The van der Waals surface area contributed by atoms with Crippen molar-refractivity contribution in [3.05, 3.63) is 41.8 Å². The zero-order valence-corrected chi connectivity index (χ0v) is 12.7. The Morgan fingerprint density at radius 1 is 1.45 bits per heavy atom. The average molecular weight is 302 g/mol. The van der Waals surface area contributed by atoms with Gasteiger partial charge in [0, 0.05) is 18.1 Å². The highest BCUT2D eigenvalue weighted by Crippen LogP contribution is 2.30. The van der Waals surface area contributed by atoms with E-state index < -0.39 is 11.4 Å². The van der Waals surface area contributed by atoms with Gasteiger partial charge in [0.1, 0.15) is 5.82 Å². The molecule has 0 saturated carbocycles. The standard InChI is InChI=1S/C17H19FN2O2/c1-17(2,22)14-6-4-8-20(14)16(21)13-10-12(18)9-11-5-3-7-19-15(11)13/h3,5,7,9-10,14,22H,4,6,8H2,1-2H3. The molecule has 22 heavy (non-hydrogen) atoms. The number of aromatic nitrogens is 1. The highest BCUT2D eigenvalue weighted by molar-refractivity contribution is 6.05. The second-order valence-corrected chi connectivity index (χ2v) is 6.34. The van der Waals surface area contributed by atoms with E-state index in [1.165, 1.54) is 12.1 Å². The number of benzene rings is 1. The topological polar surface area (TPSA) is 53.4 Å². The number of nitrogens with zero attached hydrogens (tertiary/aromatic N) is 2. The van der Waals surface area contributed by atoms with Gasteiger partial charge in [0.2, 0.25) is 0 Å². The maximum absolute atomic E-state index is 13.8. The van der Waals surface area contributed by atoms with Gasteiger partial charge in [-0.15, -0.1) is 0 Å². The van der Waals surface area contributed by atoms with Crippen LogP contribution in [0.5, 0.6) is 0 Å². The number of aliphatic hydroxyl groups is 1. The van der Waals surface area contributed by atoms with Crippen molar-refractivity contribution in [2.45, 2.75) is 38.3 Å². The van der Waals surface area contributed by atoms with E-state index in [4.69, 9.17) is 0 Å². The summed E-state index contributed by atoms with van der Waals surface area (Å²) in [4.78, 5) is 18.7. The minimum atomic E-state index is -0.983. The molecule has 1 unspecified atom stereocenters. The van der Waals surface area contributed by atoms with Crippen molar-refractivity contribution in [3.8, 4) is 0 Å². The van der Waals surface area contributed by atoms with Crippen LogP contribution in [0.3, 0.4) is 0 Å². The van der Waals surface area contributed by atoms with Crippen molar-refractivity contribution >= 4 is 16.8 Å². The quantitative estimate of drug-likeness (QED) is 0.928. The molecular formula is C17H19FN2O2. The summed E-state index contributed by atoms with van der Waals surface area (Å²) in [6.07, 6.45) is 3.17. The summed E-state index contributed by atoms with van der Waals surface area (Å²) < 4.78 is 13.8. The number of rotatable bonds is 2. The first-order chi connectivity index (χ1) is 10.4. The lowest BCUT2D eigenvalue weighted by Gasteiger charge is -2.34. The van der Waals surface area contributed by atoms with Crippen LogP contribution in [-0.2, 0) is 0 Å². The molecule has 1 amide bonds. The molecule has 5 heteroatoms. The van der Waals surface area contributed by atoms with E-state index in [1.807, 2.05) is 0 Å². The van der Waals surface area contributed by atoms with E-state index >= 15 is 0 Å². The SMILES string of the molecule is CC(C)(O)C1CCCN1C(=O)c1cc(F)cc2cccnc12. The van der Waals surface area contributed by atoms with E-state index in [2.05, 4.69) is 4.98 Å². The number of carbonyl (C=O) groups excluding carboxylic acids is 1. The van der Waals surface area contributed by atoms with Crippen LogP contribution in [-0.4, -0.2) is 39.1 Å². The molecule has 0 aliphatic carbocycles. The van der Waals surface area contributed by atoms with Crippen molar-refractivity contribution in [1.82, 2.24) is 9.88 Å². The third kappa shape index (κ3) is 2.57. The summed E-state index contributed by atoms with van der Waals surface area (Å²) in [5.41, 5.74) is -0.232. The first-order valence-corrected chi connectivity index (χ1v) is 7.45. The summed E-state index contributed by atoms with van der Waals surface area (Å²) in [6, 6.07) is 5.79. The molecule has 1 aliphatic rings. The summed E-state index contributed by atoms with van der Waals surface area (Å²) in [5.74, 6) is -0.726. The smallest absolute Gasteiger partial charge is 0.256 e. The van der Waals surface area contributed by atoms with Crippen LogP contribution >= 0.6 is 0 Å². The Kier molecular flexibility index (Phi) is 3.60. The van der Waals surface area contributed by atoms with E-state index in [-0.39, 0.29) is 17.5 Å². The molecule has 1 fully saturated rings. The van der Waals surface area contributed by atoms with Gasteiger partial charge in [0.05, 0.1) is 22.7 Å². The van der Waals surface area contributed by atoms with Crippen LogP contribution in [0.4, 0.5) is 4.39 Å². The van der Waals surface area contributed by atoms with Crippen LogP contribution in [0.25, 0.3) is 10.9 Å². The molecule has 2 aromatic rings. The van der Waals surface area contributed by atoms with Gasteiger partial charge in [-0.2, -0.15) is 0 Å². The summed E-state index contributed by atoms with van der Waals surface area (Å²) in [7, 11) is 0. The molecule has 1 aliphatic heterocycles. The fraction of sp³-hybridized carbons (Fsp3) is 0.412. The summed E-state index contributed by atoms with van der Waals surface area (Å²) >= 11 is 0. The van der Waals surface area contributed by atoms with Crippen LogP contribution in [0.2, 0.25) is 0 Å². The van der Waals surface area contributed by atoms with Crippen LogP contribution < -0.4 is 0 Å². The Morgan fingerprint density at radius 3 is 2.95 bits per heavy atom. The van der Waals surface area contributed by atoms with Gasteiger partial charge in [0.25, 0.3) is 5.91 Å². The van der Waals surface area contributed by atoms with Crippen LogP contribution in [0, 0.1) is 5.82 Å². The second-order valence-electron chi connectivity index (χ2n) is 6.34. The Bertz CT molecular complexity index is 724. The van der Waals surface area contributed by atoms with Gasteiger partial charge in [-0.25, -0.2) is 4.39 Å². The third-order valence-electron chi connectivity index (χ3n) is 4.23. The zero-order valence-electron chi connectivity index (χ0n) is 12.7. The third-order valence-corrected chi connectivity index (χ3v) is 4.23. The van der Waals surface area contributed by atoms with Gasteiger partial charge in [-0.3, -0.25) is 9.78 Å². The predicted molar refractivity (Wildman–Crippen MR) is 82.1 cm³/mol. The maximum Gasteiger partial charge on any atom is 0.256 e. The Labute approximate surface area is 128 Å². The second kappa shape index (κ2) is 5.32. The average Bonchev–Trinajstić information content (AvgIpc) is 2.95. The highest BCUT2D eigenvalue weighted by Gasteiger charge is 2.39. The molecule has 4 nitrogen and oxygen atoms in total. The van der Waals surface area contributed by atoms with Crippen LogP contribution in [0.15, 0.2) is 30.5 Å². The van der Waals surface area contributed by atoms with E-state index in [0.717, 1.165) is 12.8 Å². The lowest BCUT2D eigenvalue weighted by Crippen LogP contribution is -2.48. The first kappa shape index (κ1) is 14.9. The fourth-order valence-electron chi connectivity index (χ4n) is 3.22. The van der Waals surface area contributed by atoms with E-state index in [1.54, 1.807) is 37.1 Å². The Hall–Kier alpha value is -2.01. The Balaban J connectivity index is 2.06. The Morgan fingerprint density at radius 2 is 2.23 bits per heavy atom. The van der Waals surface area contributed by atoms with Crippen molar-refractivity contribution in [2.75, 3.05) is 6.54 Å². The minimum Gasteiger partial charge on any atom is -0.388 e. The molecule has 116 valence electrons. The van der Waals surface area contributed by atoms with Gasteiger partial charge in [-0.1, -0.05) is 6.07 Å². The molecule has 0 bridgehead atoms. The normalized spacial score (nSPS) is 18.9. The molecule has 1 aromatic carbocycles. The molecule has 0 spiro atoms. The largest absolute Gasteiger partial charge is 0.388 e. The number of fused-ring (bicyclic) bond motifs is 1. The lowest BCUT2D eigenvalue weighted by molar-refractivity contribution is 0.000389. The molecule has 1 saturated heterocycles. The number of hydrogen-bond acceptors (Lipinski definition) is 3. The number of likely N-dealkylation sites (tertiary alicyclic amines) is 1. The monoisotopic (exact) mass is 302 g/mol. The van der Waals surface area contributed by atoms with E-state index in [9.17, 15) is 14.3 Å². The molecule has 3 rings (SSSR count).